The van der Waals surface area contributed by atoms with Gasteiger partial charge in [0.05, 0.1) is 39.5 Å². The number of nitrogens with one attached hydrogen (secondary N) is 2. The highest BCUT2D eigenvalue weighted by atomic mass is 16.5. The van der Waals surface area contributed by atoms with Gasteiger partial charge in [0.25, 0.3) is 0 Å². The van der Waals surface area contributed by atoms with Crippen molar-refractivity contribution in [2.75, 3.05) is 26.6 Å². The van der Waals surface area contributed by atoms with E-state index in [1.165, 1.54) is 21.3 Å². The van der Waals surface area contributed by atoms with Crippen LogP contribution >= 0.6 is 0 Å². The summed E-state index contributed by atoms with van der Waals surface area (Å²) >= 11 is 0. The third kappa shape index (κ3) is 5.53. The third-order valence-electron chi connectivity index (χ3n) is 4.57. The maximum atomic E-state index is 12.6. The van der Waals surface area contributed by atoms with Crippen LogP contribution < -0.4 is 20.1 Å². The van der Waals surface area contributed by atoms with E-state index in [0.717, 1.165) is 5.69 Å². The van der Waals surface area contributed by atoms with Crippen molar-refractivity contribution in [3.05, 3.63) is 66.4 Å². The number of carbonyl (C=O) groups is 2. The van der Waals surface area contributed by atoms with Crippen LogP contribution in [-0.4, -0.2) is 43.1 Å². The van der Waals surface area contributed by atoms with Crippen molar-refractivity contribution in [1.82, 2.24) is 15.1 Å². The van der Waals surface area contributed by atoms with Crippen molar-refractivity contribution in [1.29, 1.82) is 0 Å². The number of hydrogen-bond acceptors (Lipinski definition) is 6. The van der Waals surface area contributed by atoms with Gasteiger partial charge in [0.2, 0.25) is 0 Å². The van der Waals surface area contributed by atoms with Gasteiger partial charge in [0.1, 0.15) is 0 Å². The second-order valence-electron chi connectivity index (χ2n) is 6.53. The summed E-state index contributed by atoms with van der Waals surface area (Å²) in [5.41, 5.74) is 1.53. The fraction of sp³-hybridized carbons (Fsp3) is 0.227. The van der Waals surface area contributed by atoms with E-state index >= 15 is 0 Å². The number of methoxy groups -OCH3 is 3. The Balaban J connectivity index is 1.75. The average Bonchev–Trinajstić information content (AvgIpc) is 3.26. The second kappa shape index (κ2) is 10.1. The topological polar surface area (TPSA) is 104 Å². The highest BCUT2D eigenvalue weighted by molar-refractivity contribution is 5.89. The van der Waals surface area contributed by atoms with Crippen LogP contribution in [0.1, 0.15) is 18.0 Å². The maximum Gasteiger partial charge on any atom is 0.320 e. The lowest BCUT2D eigenvalue weighted by atomic mass is 10.0. The number of ether oxygens (including phenoxy) is 3. The van der Waals surface area contributed by atoms with E-state index in [0.29, 0.717) is 22.9 Å². The van der Waals surface area contributed by atoms with Crippen molar-refractivity contribution in [3.63, 3.8) is 0 Å². The molecule has 1 aromatic heterocycles. The molecule has 2 N–H and O–H groups in total. The first-order valence-corrected chi connectivity index (χ1v) is 9.51. The van der Waals surface area contributed by atoms with Gasteiger partial charge in [-0.25, -0.2) is 9.48 Å². The summed E-state index contributed by atoms with van der Waals surface area (Å²) in [5.74, 6) is 0.927. The third-order valence-corrected chi connectivity index (χ3v) is 4.57. The molecule has 3 aromatic rings. The number of esters is 1. The average molecular weight is 424 g/mol. The molecule has 0 aliphatic rings. The lowest BCUT2D eigenvalue weighted by molar-refractivity contribution is -0.141. The van der Waals surface area contributed by atoms with Crippen molar-refractivity contribution < 1.29 is 23.8 Å². The number of rotatable bonds is 8. The number of benzene rings is 2. The van der Waals surface area contributed by atoms with E-state index < -0.39 is 18.0 Å². The molecule has 0 saturated carbocycles. The van der Waals surface area contributed by atoms with E-state index in [2.05, 4.69) is 15.7 Å². The Hall–Kier alpha value is -4.01. The number of para-hydroxylation sites is 1. The number of carbonyl (C=O) groups excluding carboxylic acids is 2. The Labute approximate surface area is 179 Å². The van der Waals surface area contributed by atoms with E-state index in [1.807, 2.05) is 30.3 Å². The second-order valence-corrected chi connectivity index (χ2v) is 6.53. The van der Waals surface area contributed by atoms with Crippen LogP contribution in [0, 0.1) is 0 Å². The molecule has 0 bridgehead atoms. The van der Waals surface area contributed by atoms with Gasteiger partial charge >= 0.3 is 12.0 Å². The smallest absolute Gasteiger partial charge is 0.320 e. The number of hydrogen-bond donors (Lipinski definition) is 2. The van der Waals surface area contributed by atoms with Crippen molar-refractivity contribution in [2.45, 2.75) is 12.5 Å². The van der Waals surface area contributed by atoms with Gasteiger partial charge in [-0.15, -0.1) is 5.10 Å². The summed E-state index contributed by atoms with van der Waals surface area (Å²) in [5, 5.41) is 9.82. The molecule has 162 valence electrons. The van der Waals surface area contributed by atoms with Crippen molar-refractivity contribution in [2.24, 2.45) is 0 Å². The summed E-state index contributed by atoms with van der Waals surface area (Å²) in [6, 6.07) is 15.2. The minimum atomic E-state index is -0.650. The predicted octanol–water partition coefficient (Wildman–Crippen LogP) is 3.32. The molecule has 3 rings (SSSR count). The summed E-state index contributed by atoms with van der Waals surface area (Å²) in [6.07, 6.45) is 1.68. The zero-order chi connectivity index (χ0) is 22.2. The number of nitrogens with zero attached hydrogens (tertiary/aromatic N) is 2. The standard InChI is InChI=1S/C22H24N4O5/c1-29-18-10-9-15(13-19(18)30-2)17(14-21(27)31-3)23-22(28)24-20-11-12-26(25-20)16-7-5-4-6-8-16/h4-13,17H,14H2,1-3H3,(H2,23,24,25,28). The molecule has 2 aromatic carbocycles. The summed E-state index contributed by atoms with van der Waals surface area (Å²) in [6.45, 7) is 0. The summed E-state index contributed by atoms with van der Waals surface area (Å²) in [7, 11) is 4.34. The monoisotopic (exact) mass is 424 g/mol. The largest absolute Gasteiger partial charge is 0.493 e. The molecule has 0 aliphatic heterocycles. The van der Waals surface area contributed by atoms with Crippen LogP contribution in [0.15, 0.2) is 60.8 Å². The quantitative estimate of drug-likeness (QED) is 0.538. The molecule has 31 heavy (non-hydrogen) atoms. The lowest BCUT2D eigenvalue weighted by Gasteiger charge is -2.19. The van der Waals surface area contributed by atoms with Crippen molar-refractivity contribution >= 4 is 17.8 Å². The van der Waals surface area contributed by atoms with Gasteiger partial charge in [-0.05, 0) is 29.8 Å². The van der Waals surface area contributed by atoms with Crippen LogP contribution in [-0.2, 0) is 9.53 Å². The fourth-order valence-electron chi connectivity index (χ4n) is 3.00. The van der Waals surface area contributed by atoms with Gasteiger partial charge in [0.15, 0.2) is 17.3 Å². The molecule has 0 radical (unpaired) electrons. The highest BCUT2D eigenvalue weighted by Gasteiger charge is 2.21. The van der Waals surface area contributed by atoms with Gasteiger partial charge in [-0.3, -0.25) is 10.1 Å². The van der Waals surface area contributed by atoms with E-state index in [1.54, 1.807) is 35.1 Å². The molecule has 9 heteroatoms. The van der Waals surface area contributed by atoms with Gasteiger partial charge in [-0.2, -0.15) is 0 Å². The minimum Gasteiger partial charge on any atom is -0.493 e. The van der Waals surface area contributed by atoms with Crippen LogP contribution in [0.25, 0.3) is 5.69 Å². The first-order chi connectivity index (χ1) is 15.0. The molecule has 0 spiro atoms. The highest BCUT2D eigenvalue weighted by Crippen LogP contribution is 2.31. The summed E-state index contributed by atoms with van der Waals surface area (Å²) < 4.78 is 17.0. The zero-order valence-corrected chi connectivity index (χ0v) is 17.5. The fourth-order valence-corrected chi connectivity index (χ4v) is 3.00. The Bertz CT molecular complexity index is 1040. The zero-order valence-electron chi connectivity index (χ0n) is 17.5. The van der Waals surface area contributed by atoms with Gasteiger partial charge < -0.3 is 19.5 Å². The molecule has 9 nitrogen and oxygen atoms in total. The van der Waals surface area contributed by atoms with Crippen LogP contribution in [0.4, 0.5) is 10.6 Å². The molecule has 0 saturated heterocycles. The van der Waals surface area contributed by atoms with E-state index in [9.17, 15) is 9.59 Å². The molecular weight excluding hydrogens is 400 g/mol. The molecule has 1 heterocycles. The number of anilines is 1. The SMILES string of the molecule is COC(=O)CC(NC(=O)Nc1ccn(-c2ccccc2)n1)c1ccc(OC)c(OC)c1. The molecular formula is C22H24N4O5. The number of aromatic nitrogens is 2. The minimum absolute atomic E-state index is 0.0577. The first-order valence-electron chi connectivity index (χ1n) is 9.51. The Morgan fingerprint density at radius 1 is 1.00 bits per heavy atom. The maximum absolute atomic E-state index is 12.6. The first kappa shape index (κ1) is 21.7. The molecule has 0 aliphatic carbocycles. The predicted molar refractivity (Wildman–Crippen MR) is 115 cm³/mol. The molecule has 1 unspecified atom stereocenters. The number of urea groups is 1. The molecule has 1 atom stereocenters. The molecule has 2 amide bonds. The lowest BCUT2D eigenvalue weighted by Crippen LogP contribution is -2.34. The summed E-state index contributed by atoms with van der Waals surface area (Å²) in [4.78, 5) is 24.5. The Morgan fingerprint density at radius 3 is 2.42 bits per heavy atom. The van der Waals surface area contributed by atoms with Gasteiger partial charge in [-0.1, -0.05) is 24.3 Å². The van der Waals surface area contributed by atoms with Crippen molar-refractivity contribution in [3.8, 4) is 17.2 Å². The van der Waals surface area contributed by atoms with E-state index in [-0.39, 0.29) is 6.42 Å². The van der Waals surface area contributed by atoms with Gasteiger partial charge in [0, 0.05) is 12.3 Å². The molecule has 0 fully saturated rings. The van der Waals surface area contributed by atoms with Crippen LogP contribution in [0.2, 0.25) is 0 Å². The Kier molecular flexibility index (Phi) is 7.10. The Morgan fingerprint density at radius 2 is 1.74 bits per heavy atom. The van der Waals surface area contributed by atoms with E-state index in [4.69, 9.17) is 14.2 Å². The van der Waals surface area contributed by atoms with Crippen LogP contribution in [0.5, 0.6) is 11.5 Å². The van der Waals surface area contributed by atoms with Crippen LogP contribution in [0.3, 0.4) is 0 Å². The normalized spacial score (nSPS) is 11.3. The number of amides is 2.